The number of aryl methyl sites for hydroxylation is 1. The summed E-state index contributed by atoms with van der Waals surface area (Å²) in [7, 11) is -2.17. The Morgan fingerprint density at radius 3 is 2.33 bits per heavy atom. The Hall–Kier alpha value is -1.43. The standard InChI is InChI=1S/C15H15ClFNO2S/c1-11-7-12(9-13(16)8-11)10-18(2)21(19,20)15-5-3-14(17)4-6-15/h3-9H,10H2,1-2H3. The molecule has 0 N–H and O–H groups in total. The third-order valence-corrected chi connectivity index (χ3v) is 5.06. The number of nitrogens with zero attached hydrogens (tertiary/aromatic N) is 1. The van der Waals surface area contributed by atoms with Gasteiger partial charge >= 0.3 is 0 Å². The van der Waals surface area contributed by atoms with Crippen LogP contribution in [0.25, 0.3) is 0 Å². The second kappa shape index (κ2) is 6.13. The largest absolute Gasteiger partial charge is 0.243 e. The van der Waals surface area contributed by atoms with E-state index in [4.69, 9.17) is 11.6 Å². The molecule has 2 aromatic rings. The summed E-state index contributed by atoms with van der Waals surface area (Å²) in [5, 5.41) is 0.567. The van der Waals surface area contributed by atoms with Gasteiger partial charge in [0, 0.05) is 18.6 Å². The SMILES string of the molecule is Cc1cc(Cl)cc(CN(C)S(=O)(=O)c2ccc(F)cc2)c1. The molecule has 0 saturated heterocycles. The van der Waals surface area contributed by atoms with Crippen LogP contribution in [0.4, 0.5) is 4.39 Å². The predicted molar refractivity (Wildman–Crippen MR) is 81.2 cm³/mol. The molecule has 0 unspecified atom stereocenters. The zero-order valence-electron chi connectivity index (χ0n) is 11.7. The van der Waals surface area contributed by atoms with E-state index in [1.54, 1.807) is 12.1 Å². The van der Waals surface area contributed by atoms with Gasteiger partial charge in [0.25, 0.3) is 0 Å². The van der Waals surface area contributed by atoms with Gasteiger partial charge in [0.05, 0.1) is 4.90 Å². The predicted octanol–water partition coefficient (Wildman–Crippen LogP) is 3.61. The van der Waals surface area contributed by atoms with Crippen LogP contribution in [-0.4, -0.2) is 19.8 Å². The molecule has 112 valence electrons. The number of sulfonamides is 1. The van der Waals surface area contributed by atoms with Crippen molar-refractivity contribution in [1.82, 2.24) is 4.31 Å². The number of hydrogen-bond acceptors (Lipinski definition) is 2. The van der Waals surface area contributed by atoms with Crippen molar-refractivity contribution in [3.8, 4) is 0 Å². The maximum atomic E-state index is 12.9. The molecule has 0 saturated carbocycles. The molecule has 0 radical (unpaired) electrons. The summed E-state index contributed by atoms with van der Waals surface area (Å²) in [5.41, 5.74) is 1.76. The van der Waals surface area contributed by atoms with E-state index in [1.165, 1.54) is 23.5 Å². The lowest BCUT2D eigenvalue weighted by atomic mass is 10.1. The molecule has 0 fully saturated rings. The van der Waals surface area contributed by atoms with Crippen molar-refractivity contribution < 1.29 is 12.8 Å². The highest BCUT2D eigenvalue weighted by Gasteiger charge is 2.21. The quantitative estimate of drug-likeness (QED) is 0.860. The minimum atomic E-state index is -3.66. The Bertz CT molecular complexity index is 725. The summed E-state index contributed by atoms with van der Waals surface area (Å²) in [5.74, 6) is -0.470. The van der Waals surface area contributed by atoms with Crippen molar-refractivity contribution in [2.75, 3.05) is 7.05 Å². The minimum absolute atomic E-state index is 0.0603. The highest BCUT2D eigenvalue weighted by Crippen LogP contribution is 2.20. The number of hydrogen-bond donors (Lipinski definition) is 0. The van der Waals surface area contributed by atoms with Crippen molar-refractivity contribution in [3.63, 3.8) is 0 Å². The van der Waals surface area contributed by atoms with Crippen LogP contribution < -0.4 is 0 Å². The Balaban J connectivity index is 2.26. The first kappa shape index (κ1) is 15.9. The van der Waals surface area contributed by atoms with Crippen LogP contribution in [0, 0.1) is 12.7 Å². The average molecular weight is 328 g/mol. The third-order valence-electron chi connectivity index (χ3n) is 3.03. The third kappa shape index (κ3) is 3.81. The summed E-state index contributed by atoms with van der Waals surface area (Å²) in [6.45, 7) is 2.09. The molecule has 6 heteroatoms. The molecule has 0 amide bonds. The molecule has 0 heterocycles. The van der Waals surface area contributed by atoms with Crippen molar-refractivity contribution in [1.29, 1.82) is 0 Å². The van der Waals surface area contributed by atoms with E-state index in [0.29, 0.717) is 5.02 Å². The molecule has 0 atom stereocenters. The summed E-state index contributed by atoms with van der Waals surface area (Å²) in [6.07, 6.45) is 0. The smallest absolute Gasteiger partial charge is 0.207 e. The lowest BCUT2D eigenvalue weighted by Crippen LogP contribution is -2.26. The first-order valence-electron chi connectivity index (χ1n) is 6.27. The van der Waals surface area contributed by atoms with E-state index in [2.05, 4.69) is 0 Å². The fourth-order valence-corrected chi connectivity index (χ4v) is 3.50. The molecular formula is C15H15ClFNO2S. The van der Waals surface area contributed by atoms with Gasteiger partial charge in [0.1, 0.15) is 5.82 Å². The number of halogens is 2. The molecule has 0 bridgehead atoms. The van der Waals surface area contributed by atoms with Gasteiger partial charge in [-0.2, -0.15) is 4.31 Å². The Morgan fingerprint density at radius 1 is 1.14 bits per heavy atom. The van der Waals surface area contributed by atoms with Gasteiger partial charge in [-0.1, -0.05) is 17.7 Å². The van der Waals surface area contributed by atoms with E-state index in [1.807, 2.05) is 13.0 Å². The van der Waals surface area contributed by atoms with Crippen molar-refractivity contribution in [2.24, 2.45) is 0 Å². The van der Waals surface area contributed by atoms with E-state index < -0.39 is 15.8 Å². The molecule has 0 aromatic heterocycles. The lowest BCUT2D eigenvalue weighted by molar-refractivity contribution is 0.466. The Labute approximate surface area is 129 Å². The van der Waals surface area contributed by atoms with E-state index in [0.717, 1.165) is 23.3 Å². The Kier molecular flexibility index (Phi) is 4.66. The van der Waals surface area contributed by atoms with Crippen LogP contribution >= 0.6 is 11.6 Å². The highest BCUT2D eigenvalue weighted by molar-refractivity contribution is 7.89. The Morgan fingerprint density at radius 2 is 1.76 bits per heavy atom. The second-order valence-electron chi connectivity index (χ2n) is 4.85. The maximum absolute atomic E-state index is 12.9. The second-order valence-corrected chi connectivity index (χ2v) is 7.33. The molecule has 0 aliphatic heterocycles. The molecule has 21 heavy (non-hydrogen) atoms. The monoisotopic (exact) mass is 327 g/mol. The molecule has 2 rings (SSSR count). The number of rotatable bonds is 4. The topological polar surface area (TPSA) is 37.4 Å². The maximum Gasteiger partial charge on any atom is 0.243 e. The van der Waals surface area contributed by atoms with Gasteiger partial charge in [0.15, 0.2) is 0 Å². The summed E-state index contributed by atoms with van der Waals surface area (Å²) in [6, 6.07) is 10.2. The lowest BCUT2D eigenvalue weighted by Gasteiger charge is -2.17. The summed E-state index contributed by atoms with van der Waals surface area (Å²) < 4.78 is 38.9. The molecule has 0 aliphatic rings. The first-order chi connectivity index (χ1) is 9.79. The van der Waals surface area contributed by atoms with Crippen molar-refractivity contribution >= 4 is 21.6 Å². The first-order valence-corrected chi connectivity index (χ1v) is 8.09. The zero-order chi connectivity index (χ0) is 15.6. The molecule has 0 spiro atoms. The van der Waals surface area contributed by atoms with Crippen LogP contribution in [0.5, 0.6) is 0 Å². The summed E-state index contributed by atoms with van der Waals surface area (Å²) >= 11 is 5.97. The molecule has 2 aromatic carbocycles. The summed E-state index contributed by atoms with van der Waals surface area (Å²) in [4.78, 5) is 0.0603. The molecule has 3 nitrogen and oxygen atoms in total. The van der Waals surface area contributed by atoms with E-state index in [-0.39, 0.29) is 11.4 Å². The fourth-order valence-electron chi connectivity index (χ4n) is 2.03. The van der Waals surface area contributed by atoms with Crippen LogP contribution in [0.3, 0.4) is 0 Å². The van der Waals surface area contributed by atoms with Gasteiger partial charge < -0.3 is 0 Å². The van der Waals surface area contributed by atoms with Gasteiger partial charge in [-0.25, -0.2) is 12.8 Å². The van der Waals surface area contributed by atoms with Gasteiger partial charge in [-0.3, -0.25) is 0 Å². The molecule has 0 aliphatic carbocycles. The number of benzene rings is 2. The average Bonchev–Trinajstić information content (AvgIpc) is 2.37. The van der Waals surface area contributed by atoms with Crippen LogP contribution in [-0.2, 0) is 16.6 Å². The van der Waals surface area contributed by atoms with Gasteiger partial charge in [-0.15, -0.1) is 0 Å². The van der Waals surface area contributed by atoms with Crippen LogP contribution in [0.15, 0.2) is 47.4 Å². The van der Waals surface area contributed by atoms with Crippen molar-refractivity contribution in [2.45, 2.75) is 18.4 Å². The zero-order valence-corrected chi connectivity index (χ0v) is 13.2. The minimum Gasteiger partial charge on any atom is -0.207 e. The van der Waals surface area contributed by atoms with E-state index >= 15 is 0 Å². The highest BCUT2D eigenvalue weighted by atomic mass is 35.5. The van der Waals surface area contributed by atoms with Gasteiger partial charge in [-0.05, 0) is 54.4 Å². The van der Waals surface area contributed by atoms with Gasteiger partial charge in [0.2, 0.25) is 10.0 Å². The molecular weight excluding hydrogens is 313 g/mol. The van der Waals surface area contributed by atoms with Crippen LogP contribution in [0.1, 0.15) is 11.1 Å². The fraction of sp³-hybridized carbons (Fsp3) is 0.200. The normalized spacial score (nSPS) is 11.9. The van der Waals surface area contributed by atoms with Crippen LogP contribution in [0.2, 0.25) is 5.02 Å². The van der Waals surface area contributed by atoms with E-state index in [9.17, 15) is 12.8 Å². The van der Waals surface area contributed by atoms with Crippen molar-refractivity contribution in [3.05, 3.63) is 64.4 Å².